The van der Waals surface area contributed by atoms with Crippen molar-refractivity contribution in [2.75, 3.05) is 12.4 Å². The molecule has 1 unspecified atom stereocenters. The van der Waals surface area contributed by atoms with Crippen LogP contribution < -0.4 is 5.32 Å². The van der Waals surface area contributed by atoms with Crippen LogP contribution in [-0.2, 0) is 4.79 Å². The van der Waals surface area contributed by atoms with Gasteiger partial charge in [0, 0.05) is 11.5 Å². The van der Waals surface area contributed by atoms with Gasteiger partial charge in [-0.1, -0.05) is 42.5 Å². The van der Waals surface area contributed by atoms with Crippen molar-refractivity contribution in [1.29, 1.82) is 0 Å². The second-order valence-corrected chi connectivity index (χ2v) is 5.78. The smallest absolute Gasteiger partial charge is 0.230 e. The monoisotopic (exact) mass is 319 g/mol. The maximum absolute atomic E-state index is 13.5. The van der Waals surface area contributed by atoms with E-state index in [9.17, 15) is 9.18 Å². The predicted molar refractivity (Wildman–Crippen MR) is 86.2 cm³/mol. The number of carbonyl (C=O) groups excluding carboxylic acids is 1. The van der Waals surface area contributed by atoms with Crippen molar-refractivity contribution in [2.45, 2.75) is 17.4 Å². The van der Waals surface area contributed by atoms with Crippen LogP contribution in [0.2, 0.25) is 0 Å². The highest BCUT2D eigenvalue weighted by molar-refractivity contribution is 8.00. The maximum atomic E-state index is 13.5. The summed E-state index contributed by atoms with van der Waals surface area (Å²) in [4.78, 5) is 12.5. The zero-order valence-electron chi connectivity index (χ0n) is 12.0. The second-order valence-electron chi connectivity index (χ2n) is 4.76. The quantitative estimate of drug-likeness (QED) is 0.771. The molecule has 0 spiro atoms. The molecule has 0 radical (unpaired) electrons. The molecule has 2 N–H and O–H groups in total. The van der Waals surface area contributed by atoms with Gasteiger partial charge in [-0.3, -0.25) is 4.79 Å². The van der Waals surface area contributed by atoms with Gasteiger partial charge in [0.05, 0.1) is 11.8 Å². The van der Waals surface area contributed by atoms with E-state index in [1.165, 1.54) is 6.07 Å². The normalized spacial score (nSPS) is 11.9. The second kappa shape index (κ2) is 8.56. The standard InChI is InChI=1S/C17H18FNO2S/c18-14-8-4-5-9-16(14)22-12-17(21)19-15(10-11-20)13-6-2-1-3-7-13/h1-9,15,20H,10-12H2,(H,19,21). The average molecular weight is 319 g/mol. The number of hydrogen-bond donors (Lipinski definition) is 2. The molecule has 0 fully saturated rings. The molecule has 22 heavy (non-hydrogen) atoms. The van der Waals surface area contributed by atoms with E-state index < -0.39 is 0 Å². The fraction of sp³-hybridized carbons (Fsp3) is 0.235. The fourth-order valence-electron chi connectivity index (χ4n) is 2.08. The molecule has 0 heterocycles. The summed E-state index contributed by atoms with van der Waals surface area (Å²) < 4.78 is 13.5. The largest absolute Gasteiger partial charge is 0.396 e. The van der Waals surface area contributed by atoms with Crippen molar-refractivity contribution < 1.29 is 14.3 Å². The first kappa shape index (κ1) is 16.5. The van der Waals surface area contributed by atoms with Gasteiger partial charge in [-0.25, -0.2) is 4.39 Å². The Balaban J connectivity index is 1.93. The van der Waals surface area contributed by atoms with Crippen molar-refractivity contribution in [3.05, 3.63) is 66.0 Å². The van der Waals surface area contributed by atoms with Crippen LogP contribution in [0, 0.1) is 5.82 Å². The molecule has 0 aliphatic rings. The first-order valence-electron chi connectivity index (χ1n) is 7.03. The molecule has 0 aliphatic heterocycles. The highest BCUT2D eigenvalue weighted by atomic mass is 32.2. The lowest BCUT2D eigenvalue weighted by Gasteiger charge is -2.18. The van der Waals surface area contributed by atoms with Gasteiger partial charge in [0.25, 0.3) is 0 Å². The minimum Gasteiger partial charge on any atom is -0.396 e. The van der Waals surface area contributed by atoms with E-state index in [4.69, 9.17) is 5.11 Å². The first-order chi connectivity index (χ1) is 10.7. The van der Waals surface area contributed by atoms with Crippen LogP contribution in [0.25, 0.3) is 0 Å². The molecule has 0 saturated carbocycles. The molecular formula is C17H18FNO2S. The Morgan fingerprint density at radius 2 is 1.82 bits per heavy atom. The third kappa shape index (κ3) is 4.86. The lowest BCUT2D eigenvalue weighted by molar-refractivity contribution is -0.119. The van der Waals surface area contributed by atoms with Crippen molar-refractivity contribution in [2.24, 2.45) is 0 Å². The molecule has 0 aliphatic carbocycles. The summed E-state index contributed by atoms with van der Waals surface area (Å²) in [7, 11) is 0. The minimum atomic E-state index is -0.324. The van der Waals surface area contributed by atoms with Gasteiger partial charge in [0.2, 0.25) is 5.91 Å². The van der Waals surface area contributed by atoms with E-state index in [0.717, 1.165) is 17.3 Å². The van der Waals surface area contributed by atoms with E-state index in [2.05, 4.69) is 5.32 Å². The van der Waals surface area contributed by atoms with Gasteiger partial charge < -0.3 is 10.4 Å². The maximum Gasteiger partial charge on any atom is 0.230 e. The number of carbonyl (C=O) groups is 1. The van der Waals surface area contributed by atoms with Gasteiger partial charge in [-0.15, -0.1) is 11.8 Å². The Hall–Kier alpha value is -1.85. The summed E-state index contributed by atoms with van der Waals surface area (Å²) in [6, 6.07) is 15.6. The zero-order chi connectivity index (χ0) is 15.8. The van der Waals surface area contributed by atoms with E-state index in [1.54, 1.807) is 18.2 Å². The number of aliphatic hydroxyl groups is 1. The topological polar surface area (TPSA) is 49.3 Å². The Kier molecular flexibility index (Phi) is 6.43. The molecule has 5 heteroatoms. The molecule has 0 bridgehead atoms. The van der Waals surface area contributed by atoms with Crippen molar-refractivity contribution >= 4 is 17.7 Å². The number of halogens is 1. The van der Waals surface area contributed by atoms with E-state index in [-0.39, 0.29) is 30.1 Å². The van der Waals surface area contributed by atoms with Crippen LogP contribution >= 0.6 is 11.8 Å². The average Bonchev–Trinajstić information content (AvgIpc) is 2.54. The third-order valence-electron chi connectivity index (χ3n) is 3.15. The fourth-order valence-corrected chi connectivity index (χ4v) is 2.83. The lowest BCUT2D eigenvalue weighted by atomic mass is 10.0. The third-order valence-corrected chi connectivity index (χ3v) is 4.20. The predicted octanol–water partition coefficient (Wildman–Crippen LogP) is 3.16. The number of thioether (sulfide) groups is 1. The van der Waals surface area contributed by atoms with Crippen LogP contribution in [0.3, 0.4) is 0 Å². The molecule has 1 amide bonds. The zero-order valence-corrected chi connectivity index (χ0v) is 12.9. The Morgan fingerprint density at radius 3 is 2.50 bits per heavy atom. The highest BCUT2D eigenvalue weighted by Crippen LogP contribution is 2.22. The molecule has 0 saturated heterocycles. The van der Waals surface area contributed by atoms with E-state index in [1.807, 2.05) is 30.3 Å². The molecule has 3 nitrogen and oxygen atoms in total. The van der Waals surface area contributed by atoms with Crippen molar-refractivity contribution in [1.82, 2.24) is 5.32 Å². The SMILES string of the molecule is O=C(CSc1ccccc1F)NC(CCO)c1ccccc1. The summed E-state index contributed by atoms with van der Waals surface area (Å²) in [5.41, 5.74) is 0.945. The molecule has 0 aromatic heterocycles. The van der Waals surface area contributed by atoms with Crippen LogP contribution in [0.5, 0.6) is 0 Å². The molecule has 2 rings (SSSR count). The number of hydrogen-bond acceptors (Lipinski definition) is 3. The molecule has 1 atom stereocenters. The van der Waals surface area contributed by atoms with Crippen LogP contribution in [0.1, 0.15) is 18.0 Å². The molecule has 2 aromatic rings. The minimum absolute atomic E-state index is 0.0136. The van der Waals surface area contributed by atoms with Crippen LogP contribution in [-0.4, -0.2) is 23.4 Å². The summed E-state index contributed by atoms with van der Waals surface area (Å²) >= 11 is 1.16. The van der Waals surface area contributed by atoms with Gasteiger partial charge in [-0.2, -0.15) is 0 Å². The van der Waals surface area contributed by atoms with Crippen LogP contribution in [0.15, 0.2) is 59.5 Å². The van der Waals surface area contributed by atoms with Gasteiger partial charge in [0.15, 0.2) is 0 Å². The summed E-state index contributed by atoms with van der Waals surface area (Å²) in [5, 5.41) is 12.0. The number of amides is 1. The van der Waals surface area contributed by atoms with E-state index in [0.29, 0.717) is 11.3 Å². The number of rotatable bonds is 7. The molecule has 116 valence electrons. The van der Waals surface area contributed by atoms with Gasteiger partial charge in [-0.05, 0) is 24.1 Å². The summed E-state index contributed by atoms with van der Waals surface area (Å²) in [6.45, 7) is -0.0136. The number of aliphatic hydroxyl groups excluding tert-OH is 1. The lowest BCUT2D eigenvalue weighted by Crippen LogP contribution is -2.30. The first-order valence-corrected chi connectivity index (χ1v) is 8.01. The Labute approximate surface area is 133 Å². The number of benzene rings is 2. The van der Waals surface area contributed by atoms with Crippen molar-refractivity contribution in [3.63, 3.8) is 0 Å². The van der Waals surface area contributed by atoms with E-state index >= 15 is 0 Å². The highest BCUT2D eigenvalue weighted by Gasteiger charge is 2.14. The number of nitrogens with one attached hydrogen (secondary N) is 1. The summed E-state index contributed by atoms with van der Waals surface area (Å²) in [6.07, 6.45) is 0.445. The molecule has 2 aromatic carbocycles. The summed E-state index contributed by atoms with van der Waals surface area (Å²) in [5.74, 6) is -0.374. The van der Waals surface area contributed by atoms with Crippen molar-refractivity contribution in [3.8, 4) is 0 Å². The Bertz CT molecular complexity index is 607. The van der Waals surface area contributed by atoms with Gasteiger partial charge >= 0.3 is 0 Å². The molecular weight excluding hydrogens is 301 g/mol. The van der Waals surface area contributed by atoms with Crippen LogP contribution in [0.4, 0.5) is 4.39 Å². The Morgan fingerprint density at radius 1 is 1.14 bits per heavy atom. The van der Waals surface area contributed by atoms with Gasteiger partial charge in [0.1, 0.15) is 5.82 Å².